The normalized spacial score (nSPS) is 10.4. The summed E-state index contributed by atoms with van der Waals surface area (Å²) in [6.45, 7) is 1.95. The summed E-state index contributed by atoms with van der Waals surface area (Å²) in [6.07, 6.45) is -0.659. The molecule has 0 aliphatic heterocycles. The van der Waals surface area contributed by atoms with Crippen molar-refractivity contribution in [3.63, 3.8) is 0 Å². The lowest BCUT2D eigenvalue weighted by molar-refractivity contribution is 0.159. The van der Waals surface area contributed by atoms with Crippen molar-refractivity contribution in [3.8, 4) is 5.75 Å². The Bertz CT molecular complexity index is 566. The maximum absolute atomic E-state index is 11.5. The number of anilines is 1. The molecule has 0 atom stereocenters. The lowest BCUT2D eigenvalue weighted by atomic mass is 10.2. The number of hydrazine groups is 1. The molecule has 1 heterocycles. The quantitative estimate of drug-likeness (QED) is 0.488. The molecule has 0 saturated heterocycles. The van der Waals surface area contributed by atoms with Gasteiger partial charge in [-0.2, -0.15) is 10.1 Å². The van der Waals surface area contributed by atoms with Crippen LogP contribution in [0.3, 0.4) is 0 Å². The Morgan fingerprint density at radius 1 is 1.56 bits per heavy atom. The van der Waals surface area contributed by atoms with E-state index in [1.807, 2.05) is 0 Å². The molecular weight excluding hydrogens is 236 g/mol. The van der Waals surface area contributed by atoms with Gasteiger partial charge in [-0.05, 0) is 25.1 Å². The third-order valence-corrected chi connectivity index (χ3v) is 2.44. The third-order valence-electron chi connectivity index (χ3n) is 2.44. The van der Waals surface area contributed by atoms with E-state index in [4.69, 9.17) is 15.3 Å². The van der Waals surface area contributed by atoms with Gasteiger partial charge in [-0.3, -0.25) is 5.10 Å². The number of ether oxygens (including phenoxy) is 2. The molecule has 0 spiro atoms. The number of aromatic amines is 1. The van der Waals surface area contributed by atoms with Crippen LogP contribution in [-0.2, 0) is 4.74 Å². The smallest absolute Gasteiger partial charge is 0.430 e. The summed E-state index contributed by atoms with van der Waals surface area (Å²) in [4.78, 5) is 11.5. The number of methoxy groups -OCH3 is 1. The average Bonchev–Trinajstić information content (AvgIpc) is 2.80. The number of H-pyrrole nitrogens is 1. The zero-order chi connectivity index (χ0) is 13.1. The molecule has 7 heteroatoms. The summed E-state index contributed by atoms with van der Waals surface area (Å²) < 4.78 is 9.93. The summed E-state index contributed by atoms with van der Waals surface area (Å²) in [6, 6.07) is 5.33. The van der Waals surface area contributed by atoms with Crippen molar-refractivity contribution in [1.82, 2.24) is 10.2 Å². The summed E-state index contributed by atoms with van der Waals surface area (Å²) in [5.41, 5.74) is 0.755. The van der Waals surface area contributed by atoms with E-state index in [1.165, 1.54) is 0 Å². The van der Waals surface area contributed by atoms with Crippen molar-refractivity contribution in [1.29, 1.82) is 0 Å². The number of nitrogens with one attached hydrogen (secondary N) is 1. The Hall–Kier alpha value is -2.28. The minimum absolute atomic E-state index is 0.248. The van der Waals surface area contributed by atoms with Crippen LogP contribution in [0.2, 0.25) is 0 Å². The second-order valence-corrected chi connectivity index (χ2v) is 3.53. The number of carbonyl (C=O) groups is 1. The molecule has 3 N–H and O–H groups in total. The van der Waals surface area contributed by atoms with Crippen LogP contribution in [0.4, 0.5) is 10.6 Å². The Morgan fingerprint density at radius 3 is 3.00 bits per heavy atom. The van der Waals surface area contributed by atoms with Crippen LogP contribution in [0.1, 0.15) is 6.92 Å². The standard InChI is InChI=1S/C11H14N4O3/c1-3-18-11(16)15(12)10-8-6-7(17-2)4-5-9(8)13-14-10/h4-6H,3,12H2,1-2H3,(H,13,14). The molecule has 96 valence electrons. The van der Waals surface area contributed by atoms with Crippen LogP contribution in [0.15, 0.2) is 18.2 Å². The first-order valence-corrected chi connectivity index (χ1v) is 5.41. The number of nitrogens with two attached hydrogens (primary N) is 1. The van der Waals surface area contributed by atoms with Gasteiger partial charge in [0.15, 0.2) is 5.82 Å². The number of amides is 1. The molecule has 1 amide bonds. The minimum atomic E-state index is -0.659. The van der Waals surface area contributed by atoms with Crippen LogP contribution in [0.25, 0.3) is 10.9 Å². The number of benzene rings is 1. The second kappa shape index (κ2) is 4.92. The van der Waals surface area contributed by atoms with E-state index < -0.39 is 6.09 Å². The highest BCUT2D eigenvalue weighted by Crippen LogP contribution is 2.26. The van der Waals surface area contributed by atoms with E-state index in [1.54, 1.807) is 32.2 Å². The number of hydrogen-bond donors (Lipinski definition) is 2. The molecule has 2 aromatic rings. The number of carbonyl (C=O) groups excluding carboxylic acids is 1. The van der Waals surface area contributed by atoms with Crippen molar-refractivity contribution in [2.24, 2.45) is 5.84 Å². The molecular formula is C11H14N4O3. The Morgan fingerprint density at radius 2 is 2.33 bits per heavy atom. The SMILES string of the molecule is CCOC(=O)N(N)c1n[nH]c2ccc(OC)cc12. The topological polar surface area (TPSA) is 93.5 Å². The second-order valence-electron chi connectivity index (χ2n) is 3.53. The van der Waals surface area contributed by atoms with E-state index in [2.05, 4.69) is 10.2 Å². The van der Waals surface area contributed by atoms with Crippen molar-refractivity contribution < 1.29 is 14.3 Å². The van der Waals surface area contributed by atoms with Crippen LogP contribution >= 0.6 is 0 Å². The number of hydrogen-bond acceptors (Lipinski definition) is 5. The lowest BCUT2D eigenvalue weighted by Crippen LogP contribution is -2.38. The van der Waals surface area contributed by atoms with Gasteiger partial charge in [-0.15, -0.1) is 0 Å². The average molecular weight is 250 g/mol. The highest BCUT2D eigenvalue weighted by molar-refractivity contribution is 5.98. The van der Waals surface area contributed by atoms with Crippen LogP contribution in [-0.4, -0.2) is 30.0 Å². The Labute approximate surface area is 103 Å². The first kappa shape index (κ1) is 12.2. The molecule has 0 unspecified atom stereocenters. The monoisotopic (exact) mass is 250 g/mol. The van der Waals surface area contributed by atoms with Crippen molar-refractivity contribution in [2.45, 2.75) is 6.92 Å². The van der Waals surface area contributed by atoms with Gasteiger partial charge in [0.2, 0.25) is 0 Å². The lowest BCUT2D eigenvalue weighted by Gasteiger charge is -2.13. The van der Waals surface area contributed by atoms with Gasteiger partial charge in [0.1, 0.15) is 5.75 Å². The maximum atomic E-state index is 11.5. The molecule has 1 aromatic carbocycles. The van der Waals surface area contributed by atoms with E-state index in [9.17, 15) is 4.79 Å². The summed E-state index contributed by atoms with van der Waals surface area (Å²) >= 11 is 0. The summed E-state index contributed by atoms with van der Waals surface area (Å²) in [5.74, 6) is 6.61. The molecule has 18 heavy (non-hydrogen) atoms. The molecule has 1 aromatic heterocycles. The van der Waals surface area contributed by atoms with Gasteiger partial charge < -0.3 is 9.47 Å². The van der Waals surface area contributed by atoms with Crippen LogP contribution < -0.4 is 15.6 Å². The van der Waals surface area contributed by atoms with Gasteiger partial charge in [-0.25, -0.2) is 10.6 Å². The number of nitrogens with zero attached hydrogens (tertiary/aromatic N) is 2. The largest absolute Gasteiger partial charge is 0.497 e. The predicted octanol–water partition coefficient (Wildman–Crippen LogP) is 1.41. The number of aromatic nitrogens is 2. The van der Waals surface area contributed by atoms with Crippen molar-refractivity contribution in [2.75, 3.05) is 18.7 Å². The molecule has 0 saturated carbocycles. The van der Waals surface area contributed by atoms with E-state index in [0.29, 0.717) is 17.0 Å². The fraction of sp³-hybridized carbons (Fsp3) is 0.273. The van der Waals surface area contributed by atoms with Crippen molar-refractivity contribution >= 4 is 22.8 Å². The fourth-order valence-corrected chi connectivity index (χ4v) is 1.57. The van der Waals surface area contributed by atoms with E-state index in [-0.39, 0.29) is 6.61 Å². The van der Waals surface area contributed by atoms with Gasteiger partial charge in [0.05, 0.1) is 19.2 Å². The summed E-state index contributed by atoms with van der Waals surface area (Å²) in [7, 11) is 1.56. The number of fused-ring (bicyclic) bond motifs is 1. The first-order chi connectivity index (χ1) is 8.67. The van der Waals surface area contributed by atoms with Crippen molar-refractivity contribution in [3.05, 3.63) is 18.2 Å². The van der Waals surface area contributed by atoms with Gasteiger partial charge in [-0.1, -0.05) is 0 Å². The molecule has 7 nitrogen and oxygen atoms in total. The fourth-order valence-electron chi connectivity index (χ4n) is 1.57. The zero-order valence-electron chi connectivity index (χ0n) is 10.1. The molecule has 0 bridgehead atoms. The molecule has 0 aliphatic carbocycles. The highest BCUT2D eigenvalue weighted by atomic mass is 16.6. The molecule has 0 fully saturated rings. The molecule has 0 aliphatic rings. The molecule has 0 radical (unpaired) electrons. The van der Waals surface area contributed by atoms with Gasteiger partial charge in [0, 0.05) is 5.39 Å². The van der Waals surface area contributed by atoms with Gasteiger partial charge in [0.25, 0.3) is 0 Å². The number of rotatable bonds is 3. The van der Waals surface area contributed by atoms with E-state index >= 15 is 0 Å². The first-order valence-electron chi connectivity index (χ1n) is 5.41. The Balaban J connectivity index is 2.41. The minimum Gasteiger partial charge on any atom is -0.497 e. The van der Waals surface area contributed by atoms with Crippen LogP contribution in [0, 0.1) is 0 Å². The highest BCUT2D eigenvalue weighted by Gasteiger charge is 2.18. The Kier molecular flexibility index (Phi) is 3.33. The third kappa shape index (κ3) is 2.07. The van der Waals surface area contributed by atoms with Gasteiger partial charge >= 0.3 is 6.09 Å². The predicted molar refractivity (Wildman–Crippen MR) is 66.3 cm³/mol. The molecule has 2 rings (SSSR count). The van der Waals surface area contributed by atoms with E-state index in [0.717, 1.165) is 10.5 Å². The zero-order valence-corrected chi connectivity index (χ0v) is 10.1. The maximum Gasteiger partial charge on any atom is 0.430 e. The summed E-state index contributed by atoms with van der Waals surface area (Å²) in [5, 5.41) is 8.32. The van der Waals surface area contributed by atoms with Crippen LogP contribution in [0.5, 0.6) is 5.75 Å².